The van der Waals surface area contributed by atoms with Crippen molar-refractivity contribution < 1.29 is 14.7 Å². The molecule has 0 aliphatic heterocycles. The number of halogens is 10. The number of aliphatic hydroxyl groups excluding tert-OH is 1. The number of H-pyrrole nitrogens is 3. The van der Waals surface area contributed by atoms with Gasteiger partial charge in [-0.25, -0.2) is 19.9 Å². The maximum absolute atomic E-state index is 11.5. The van der Waals surface area contributed by atoms with Crippen molar-refractivity contribution >= 4 is 156 Å². The number of thiazole rings is 1. The number of carbonyl (C=O) groups excluding carboxylic acids is 2. The molecule has 4 heterocycles. The van der Waals surface area contributed by atoms with Gasteiger partial charge >= 0.3 is 0 Å². The molecule has 0 unspecified atom stereocenters. The SMILES string of the molecule is CCO.Clc1ccc(-c2cnc[nH]2)cc1.Clc1ccc(-c2nc[nH]c2-c2csc(Cc3ccc(Cl)c(Cl)c3)n2)cc1.NC(=S)Cc1ccc(Cl)c(Cl)c1.O=C(CCl)c1[nH]cnc1-c1ccc(Cl)cc1.O=C(Cl)CCl. The van der Waals surface area contributed by atoms with Gasteiger partial charge in [-0.2, -0.15) is 0 Å². The Morgan fingerprint density at radius 3 is 1.62 bits per heavy atom. The van der Waals surface area contributed by atoms with E-state index >= 15 is 0 Å². The van der Waals surface area contributed by atoms with Crippen LogP contribution < -0.4 is 5.73 Å². The summed E-state index contributed by atoms with van der Waals surface area (Å²) in [7, 11) is 0. The summed E-state index contributed by atoms with van der Waals surface area (Å²) in [4.78, 5) is 47.6. The van der Waals surface area contributed by atoms with Crippen molar-refractivity contribution in [2.75, 3.05) is 18.4 Å². The number of carbonyl (C=O) groups is 2. The van der Waals surface area contributed by atoms with Crippen LogP contribution in [0, 0.1) is 0 Å². The number of hydrogen-bond acceptors (Lipinski definition) is 9. The van der Waals surface area contributed by atoms with E-state index in [-0.39, 0.29) is 24.2 Å². The molecule has 0 amide bonds. The summed E-state index contributed by atoms with van der Waals surface area (Å²) in [6.45, 7) is 1.93. The zero-order valence-electron chi connectivity index (χ0n) is 38.5. The number of benzene rings is 5. The molecule has 0 aliphatic rings. The molecule has 0 aliphatic carbocycles. The Labute approximate surface area is 486 Å². The highest BCUT2D eigenvalue weighted by atomic mass is 35.5. The van der Waals surface area contributed by atoms with Gasteiger partial charge < -0.3 is 25.8 Å². The minimum absolute atomic E-state index is 0.0667. The van der Waals surface area contributed by atoms with Gasteiger partial charge in [0.05, 0.1) is 95.5 Å². The lowest BCUT2D eigenvalue weighted by molar-refractivity contribution is -0.109. The van der Waals surface area contributed by atoms with Crippen LogP contribution in [0.15, 0.2) is 140 Å². The summed E-state index contributed by atoms with van der Waals surface area (Å²) in [5.41, 5.74) is 15.0. The number of ketones is 1. The van der Waals surface area contributed by atoms with Gasteiger partial charge in [0.15, 0.2) is 5.78 Å². The van der Waals surface area contributed by atoms with Gasteiger partial charge in [-0.05, 0) is 95.9 Å². The van der Waals surface area contributed by atoms with Crippen molar-refractivity contribution in [3.8, 4) is 45.2 Å². The number of imidazole rings is 3. The van der Waals surface area contributed by atoms with Crippen LogP contribution in [-0.4, -0.2) is 74.4 Å². The van der Waals surface area contributed by atoms with E-state index < -0.39 is 5.24 Å². The third kappa shape index (κ3) is 20.9. The molecule has 0 radical (unpaired) electrons. The van der Waals surface area contributed by atoms with Crippen molar-refractivity contribution in [3.63, 3.8) is 0 Å². The lowest BCUT2D eigenvalue weighted by atomic mass is 10.1. The second-order valence-corrected chi connectivity index (χ2v) is 19.9. The average Bonchev–Trinajstić information content (AvgIpc) is 4.25. The predicted octanol–water partition coefficient (Wildman–Crippen LogP) is 16.4. The number of Topliss-reactive ketones (excluding diaryl/α,β-unsaturated/α-hetero) is 1. The molecule has 74 heavy (non-hydrogen) atoms. The fraction of sp³-hybridized carbons (Fsp3) is 0.118. The van der Waals surface area contributed by atoms with Crippen LogP contribution in [0.2, 0.25) is 35.2 Å². The van der Waals surface area contributed by atoms with Gasteiger partial charge in [-0.3, -0.25) is 9.59 Å². The second kappa shape index (κ2) is 32.8. The number of aliphatic hydroxyl groups is 1. The predicted molar refractivity (Wildman–Crippen MR) is 314 cm³/mol. The van der Waals surface area contributed by atoms with Gasteiger partial charge in [0.2, 0.25) is 5.24 Å². The van der Waals surface area contributed by atoms with E-state index in [9.17, 15) is 9.59 Å². The quantitative estimate of drug-likeness (QED) is 0.0365. The normalized spacial score (nSPS) is 10.1. The maximum atomic E-state index is 11.5. The van der Waals surface area contributed by atoms with Gasteiger partial charge in [0, 0.05) is 51.0 Å². The Bertz CT molecular complexity index is 3150. The van der Waals surface area contributed by atoms with Crippen molar-refractivity contribution in [2.45, 2.75) is 19.8 Å². The summed E-state index contributed by atoms with van der Waals surface area (Å²) in [6.07, 6.45) is 7.85. The van der Waals surface area contributed by atoms with Crippen molar-refractivity contribution in [2.24, 2.45) is 5.73 Å². The number of aromatic amines is 3. The Balaban J connectivity index is 0.000000214. The number of rotatable bonds is 11. The molecule has 0 saturated heterocycles. The smallest absolute Gasteiger partial charge is 0.236 e. The molecule has 9 aromatic rings. The van der Waals surface area contributed by atoms with Gasteiger partial charge in [-0.15, -0.1) is 34.5 Å². The summed E-state index contributed by atoms with van der Waals surface area (Å²) in [5, 5.41) is 14.4. The summed E-state index contributed by atoms with van der Waals surface area (Å²) >= 11 is 62.5. The van der Waals surface area contributed by atoms with E-state index in [2.05, 4.69) is 29.9 Å². The van der Waals surface area contributed by atoms with E-state index in [0.29, 0.717) is 59.4 Å². The van der Waals surface area contributed by atoms with E-state index in [4.69, 9.17) is 144 Å². The number of hydrogen-bond donors (Lipinski definition) is 5. The topological polar surface area (TPSA) is 179 Å². The Hall–Kier alpha value is -4.55. The van der Waals surface area contributed by atoms with Crippen LogP contribution in [0.3, 0.4) is 0 Å². The molecule has 6 N–H and O–H groups in total. The number of alkyl halides is 2. The molecule has 0 fully saturated rings. The minimum atomic E-state index is -0.508. The zero-order chi connectivity index (χ0) is 54.2. The molecule has 386 valence electrons. The van der Waals surface area contributed by atoms with Crippen molar-refractivity contribution in [3.05, 3.63) is 197 Å². The highest BCUT2D eigenvalue weighted by Crippen LogP contribution is 2.32. The van der Waals surface area contributed by atoms with Crippen LogP contribution in [-0.2, 0) is 17.6 Å². The Morgan fingerprint density at radius 2 is 1.14 bits per heavy atom. The lowest BCUT2D eigenvalue weighted by Gasteiger charge is -2.02. The lowest BCUT2D eigenvalue weighted by Crippen LogP contribution is -2.10. The van der Waals surface area contributed by atoms with E-state index in [1.807, 2.05) is 84.2 Å². The third-order valence-corrected chi connectivity index (χ3v) is 13.2. The molecule has 23 heteroatoms. The fourth-order valence-electron chi connectivity index (χ4n) is 5.94. The maximum Gasteiger partial charge on any atom is 0.236 e. The number of thiocarbonyl (C=S) groups is 1. The van der Waals surface area contributed by atoms with E-state index in [0.717, 1.165) is 60.6 Å². The monoisotopic (exact) mass is 1230 g/mol. The van der Waals surface area contributed by atoms with Crippen LogP contribution in [0.25, 0.3) is 45.2 Å². The van der Waals surface area contributed by atoms with Crippen LogP contribution in [0.1, 0.15) is 33.5 Å². The highest BCUT2D eigenvalue weighted by molar-refractivity contribution is 7.80. The molecule has 11 nitrogen and oxygen atoms in total. The minimum Gasteiger partial charge on any atom is -0.397 e. The molecule has 4 aromatic heterocycles. The molecular formula is C51H42Cl10N8O3S2. The van der Waals surface area contributed by atoms with Gasteiger partial charge in [0.1, 0.15) is 5.69 Å². The fourth-order valence-corrected chi connectivity index (χ4v) is 8.08. The first-order valence-corrected chi connectivity index (χ1v) is 26.7. The molecule has 0 saturated carbocycles. The number of nitrogens with one attached hydrogen (secondary N) is 3. The first kappa shape index (κ1) is 62.0. The Morgan fingerprint density at radius 1 is 0.649 bits per heavy atom. The van der Waals surface area contributed by atoms with Crippen LogP contribution >= 0.6 is 140 Å². The van der Waals surface area contributed by atoms with Crippen molar-refractivity contribution in [1.82, 2.24) is 34.9 Å². The van der Waals surface area contributed by atoms with Crippen LogP contribution in [0.5, 0.6) is 0 Å². The average molecular weight is 1230 g/mol. The first-order chi connectivity index (χ1) is 35.5. The molecule has 5 aromatic carbocycles. The molecular weight excluding hydrogens is 1190 g/mol. The van der Waals surface area contributed by atoms with Gasteiger partial charge in [-0.1, -0.05) is 142 Å². The number of nitrogens with two attached hydrogens (primary N) is 1. The first-order valence-electron chi connectivity index (χ1n) is 21.3. The van der Waals surface area contributed by atoms with Crippen molar-refractivity contribution in [1.29, 1.82) is 0 Å². The number of aromatic nitrogens is 7. The van der Waals surface area contributed by atoms with Crippen LogP contribution in [0.4, 0.5) is 0 Å². The molecule has 0 spiro atoms. The van der Waals surface area contributed by atoms with E-state index in [1.54, 1.807) is 67.4 Å². The molecule has 0 atom stereocenters. The second-order valence-electron chi connectivity index (χ2n) is 14.5. The third-order valence-electron chi connectivity index (χ3n) is 9.18. The van der Waals surface area contributed by atoms with E-state index in [1.165, 1.54) is 6.33 Å². The van der Waals surface area contributed by atoms with Gasteiger partial charge in [0.25, 0.3) is 0 Å². The summed E-state index contributed by atoms with van der Waals surface area (Å²) < 4.78 is 0. The standard InChI is InChI=1S/C19H12Cl3N3S.C11H8Cl2N2O.C9H7ClN2.C8H7Cl2NS.C2H2Cl2O.C2H6O/c20-13-4-2-12(3-5-13)18-19(24-10-23-18)16-9-26-17(25-16)8-11-1-6-14(21)15(22)7-11;12-5-9(16)11-10(14-6-15-11)7-1-3-8(13)4-2-7;10-8-3-1-7(2-4-8)9-5-11-6-12-9;9-6-2-1-5(3-7(6)10)4-8(11)12;3-1-2(4)5;1-2-3/h1-7,9-10H,8H2,(H,23,24);1-4,6H,5H2,(H,14,15);1-6H,(H,11,12);1-3H,4H2,(H2,11,12);1H2;3H,2H2,1H3. The zero-order valence-corrected chi connectivity index (χ0v) is 47.7. The highest BCUT2D eigenvalue weighted by Gasteiger charge is 2.16. The summed E-state index contributed by atoms with van der Waals surface area (Å²) in [5.74, 6) is -0.339. The summed E-state index contributed by atoms with van der Waals surface area (Å²) in [6, 6.07) is 33.4. The molecule has 0 bridgehead atoms. The number of nitrogens with zero attached hydrogens (tertiary/aromatic N) is 4. The largest absolute Gasteiger partial charge is 0.397 e. The Kier molecular flexibility index (Phi) is 27.5. The molecule has 9 rings (SSSR count).